The number of carbonyl (C=O) groups excluding carboxylic acids is 1. The number of ether oxygens (including phenoxy) is 2. The van der Waals surface area contributed by atoms with Gasteiger partial charge in [-0.25, -0.2) is 0 Å². The fourth-order valence-electron chi connectivity index (χ4n) is 1.72. The van der Waals surface area contributed by atoms with Crippen LogP contribution in [0.1, 0.15) is 22.8 Å². The van der Waals surface area contributed by atoms with Crippen molar-refractivity contribution in [1.29, 1.82) is 0 Å². The van der Waals surface area contributed by atoms with E-state index >= 15 is 0 Å². The van der Waals surface area contributed by atoms with Crippen LogP contribution >= 0.6 is 15.9 Å². The molecule has 1 aromatic carbocycles. The third kappa shape index (κ3) is 1.63. The Morgan fingerprint density at radius 2 is 2.33 bits per heavy atom. The van der Waals surface area contributed by atoms with E-state index in [2.05, 4.69) is 15.9 Å². The summed E-state index contributed by atoms with van der Waals surface area (Å²) in [6.45, 7) is 2.19. The number of hydrogen-bond donors (Lipinski definition) is 0. The van der Waals surface area contributed by atoms with Gasteiger partial charge >= 0.3 is 0 Å². The van der Waals surface area contributed by atoms with Crippen LogP contribution in [-0.2, 0) is 6.42 Å². The van der Waals surface area contributed by atoms with Crippen LogP contribution in [0.2, 0.25) is 0 Å². The number of ketones is 1. The summed E-state index contributed by atoms with van der Waals surface area (Å²) in [4.78, 5) is 11.4. The third-order valence-electron chi connectivity index (χ3n) is 2.47. The Hall–Kier alpha value is -1.03. The van der Waals surface area contributed by atoms with Crippen molar-refractivity contribution in [3.8, 4) is 11.5 Å². The fraction of sp³-hybridized carbons (Fsp3) is 0.364. The van der Waals surface area contributed by atoms with Gasteiger partial charge in [-0.3, -0.25) is 4.79 Å². The van der Waals surface area contributed by atoms with Crippen LogP contribution in [0.3, 0.4) is 0 Å². The number of benzene rings is 1. The number of Topliss-reactive ketones (excluding diaryl/α,β-unsaturated/α-hetero) is 1. The van der Waals surface area contributed by atoms with Gasteiger partial charge in [0.25, 0.3) is 0 Å². The molecular weight excluding hydrogens is 260 g/mol. The molecule has 0 N–H and O–H groups in total. The molecule has 0 radical (unpaired) electrons. The van der Waals surface area contributed by atoms with E-state index in [-0.39, 0.29) is 5.78 Å². The average Bonchev–Trinajstić information content (AvgIpc) is 2.67. The molecule has 2 rings (SSSR count). The van der Waals surface area contributed by atoms with Crippen LogP contribution in [0.5, 0.6) is 11.5 Å². The predicted octanol–water partition coefficient (Wildman–Crippen LogP) is 2.60. The molecule has 15 heavy (non-hydrogen) atoms. The first-order valence-corrected chi connectivity index (χ1v) is 5.47. The number of hydrogen-bond acceptors (Lipinski definition) is 3. The van der Waals surface area contributed by atoms with E-state index < -0.39 is 0 Å². The van der Waals surface area contributed by atoms with Gasteiger partial charge in [-0.2, -0.15) is 0 Å². The first-order valence-electron chi connectivity index (χ1n) is 4.68. The van der Waals surface area contributed by atoms with Crippen LogP contribution < -0.4 is 9.47 Å². The molecule has 1 aromatic rings. The predicted molar refractivity (Wildman–Crippen MR) is 59.9 cm³/mol. The lowest BCUT2D eigenvalue weighted by molar-refractivity contribution is 0.101. The van der Waals surface area contributed by atoms with E-state index in [1.807, 2.05) is 0 Å². The summed E-state index contributed by atoms with van der Waals surface area (Å²) in [5.41, 5.74) is 1.68. The van der Waals surface area contributed by atoms with Gasteiger partial charge in [0.15, 0.2) is 17.3 Å². The smallest absolute Gasteiger partial charge is 0.165 e. The van der Waals surface area contributed by atoms with Gasteiger partial charge in [0.2, 0.25) is 0 Å². The Morgan fingerprint density at radius 3 is 2.93 bits per heavy atom. The fourth-order valence-corrected chi connectivity index (χ4v) is 2.49. The quantitative estimate of drug-likeness (QED) is 0.775. The third-order valence-corrected chi connectivity index (χ3v) is 3.38. The molecule has 1 aliphatic heterocycles. The topological polar surface area (TPSA) is 35.5 Å². The second-order valence-electron chi connectivity index (χ2n) is 3.40. The molecule has 0 saturated carbocycles. The molecule has 80 valence electrons. The molecule has 0 spiro atoms. The molecule has 0 saturated heterocycles. The molecule has 0 amide bonds. The number of fused-ring (bicyclic) bond motifs is 1. The SMILES string of the molecule is COc1cc(C(C)=O)c(Br)c2c1OCC2. The minimum Gasteiger partial charge on any atom is -0.493 e. The highest BCUT2D eigenvalue weighted by Gasteiger charge is 2.24. The number of rotatable bonds is 2. The lowest BCUT2D eigenvalue weighted by Gasteiger charge is -2.10. The van der Waals surface area contributed by atoms with Crippen molar-refractivity contribution in [2.24, 2.45) is 0 Å². The Morgan fingerprint density at radius 1 is 1.60 bits per heavy atom. The van der Waals surface area contributed by atoms with Crippen LogP contribution in [0.15, 0.2) is 10.5 Å². The lowest BCUT2D eigenvalue weighted by atomic mass is 10.1. The Balaban J connectivity index is 2.66. The first kappa shape index (κ1) is 10.5. The van der Waals surface area contributed by atoms with E-state index in [0.717, 1.165) is 22.2 Å². The summed E-state index contributed by atoms with van der Waals surface area (Å²) < 4.78 is 11.5. The van der Waals surface area contributed by atoms with E-state index in [4.69, 9.17) is 9.47 Å². The van der Waals surface area contributed by atoms with Gasteiger partial charge < -0.3 is 9.47 Å². The summed E-state index contributed by atoms with van der Waals surface area (Å²) in [6, 6.07) is 1.72. The zero-order valence-electron chi connectivity index (χ0n) is 8.59. The summed E-state index contributed by atoms with van der Waals surface area (Å²) in [7, 11) is 1.58. The number of carbonyl (C=O) groups is 1. The largest absolute Gasteiger partial charge is 0.493 e. The molecule has 3 nitrogen and oxygen atoms in total. The minimum absolute atomic E-state index is 0.0230. The van der Waals surface area contributed by atoms with Gasteiger partial charge in [0.1, 0.15) is 0 Å². The van der Waals surface area contributed by atoms with Gasteiger partial charge in [0, 0.05) is 22.0 Å². The van der Waals surface area contributed by atoms with Crippen molar-refractivity contribution in [3.05, 3.63) is 21.7 Å². The molecule has 1 aliphatic rings. The van der Waals surface area contributed by atoms with Gasteiger partial charge in [0.05, 0.1) is 13.7 Å². The summed E-state index contributed by atoms with van der Waals surface area (Å²) in [5.74, 6) is 1.42. The maximum absolute atomic E-state index is 11.4. The molecular formula is C11H11BrO3. The highest BCUT2D eigenvalue weighted by atomic mass is 79.9. The molecule has 4 heteroatoms. The molecule has 0 fully saturated rings. The Labute approximate surface area is 96.5 Å². The molecule has 0 bridgehead atoms. The average molecular weight is 271 g/mol. The molecule has 0 unspecified atom stereocenters. The van der Waals surface area contributed by atoms with Crippen LogP contribution in [0.25, 0.3) is 0 Å². The van der Waals surface area contributed by atoms with Crippen molar-refractivity contribution >= 4 is 21.7 Å². The summed E-state index contributed by atoms with van der Waals surface area (Å²) in [5, 5.41) is 0. The van der Waals surface area contributed by atoms with Crippen LogP contribution in [0.4, 0.5) is 0 Å². The van der Waals surface area contributed by atoms with Crippen molar-refractivity contribution in [1.82, 2.24) is 0 Å². The zero-order valence-corrected chi connectivity index (χ0v) is 10.2. The van der Waals surface area contributed by atoms with Crippen molar-refractivity contribution in [2.45, 2.75) is 13.3 Å². The zero-order chi connectivity index (χ0) is 11.0. The number of halogens is 1. The first-order chi connectivity index (χ1) is 7.15. The summed E-state index contributed by atoms with van der Waals surface area (Å²) in [6.07, 6.45) is 0.813. The second kappa shape index (κ2) is 3.85. The van der Waals surface area contributed by atoms with Crippen LogP contribution in [-0.4, -0.2) is 19.5 Å². The van der Waals surface area contributed by atoms with Gasteiger partial charge in [-0.1, -0.05) is 0 Å². The van der Waals surface area contributed by atoms with Crippen molar-refractivity contribution in [3.63, 3.8) is 0 Å². The molecule has 1 heterocycles. The molecule has 0 aliphatic carbocycles. The second-order valence-corrected chi connectivity index (χ2v) is 4.20. The number of methoxy groups -OCH3 is 1. The van der Waals surface area contributed by atoms with E-state index in [0.29, 0.717) is 17.9 Å². The summed E-state index contributed by atoms with van der Waals surface area (Å²) >= 11 is 3.44. The standard InChI is InChI=1S/C11H11BrO3/c1-6(13)8-5-9(14-2)11-7(10(8)12)3-4-15-11/h5H,3-4H2,1-2H3. The van der Waals surface area contributed by atoms with Crippen LogP contribution in [0, 0.1) is 0 Å². The van der Waals surface area contributed by atoms with E-state index in [1.165, 1.54) is 0 Å². The van der Waals surface area contributed by atoms with Gasteiger partial charge in [-0.15, -0.1) is 0 Å². The minimum atomic E-state index is 0.0230. The highest BCUT2D eigenvalue weighted by Crippen LogP contribution is 2.42. The maximum atomic E-state index is 11.4. The normalized spacial score (nSPS) is 13.3. The highest BCUT2D eigenvalue weighted by molar-refractivity contribution is 9.10. The lowest BCUT2D eigenvalue weighted by Crippen LogP contribution is -1.98. The van der Waals surface area contributed by atoms with Gasteiger partial charge in [-0.05, 0) is 28.9 Å². The Kier molecular flexibility index (Phi) is 2.69. The monoisotopic (exact) mass is 270 g/mol. The van der Waals surface area contributed by atoms with Crippen molar-refractivity contribution in [2.75, 3.05) is 13.7 Å². The Bertz CT molecular complexity index is 426. The molecule has 0 aromatic heterocycles. The van der Waals surface area contributed by atoms with E-state index in [1.54, 1.807) is 20.1 Å². The van der Waals surface area contributed by atoms with E-state index in [9.17, 15) is 4.79 Å². The molecule has 0 atom stereocenters. The van der Waals surface area contributed by atoms with Crippen molar-refractivity contribution < 1.29 is 14.3 Å². The maximum Gasteiger partial charge on any atom is 0.165 e.